The standard InChI is InChI=1S/C32H39Cl2N3O4S/c1-5-6-18-35-32(39)30(19-24-10-8-7-9-11-24)36(21-26-12-15-27(33)20-29(26)34)31(38)22-37(42(4,40)41)28-16-13-25(14-17-28)23(2)3/h7-17,20,23,30H,5-6,18-19,21-22H2,1-4H3,(H,35,39). The highest BCUT2D eigenvalue weighted by Gasteiger charge is 2.33. The lowest BCUT2D eigenvalue weighted by molar-refractivity contribution is -0.140. The Morgan fingerprint density at radius 3 is 2.19 bits per heavy atom. The number of hydrogen-bond acceptors (Lipinski definition) is 4. The quantitative estimate of drug-likeness (QED) is 0.207. The average Bonchev–Trinajstić information content (AvgIpc) is 2.94. The summed E-state index contributed by atoms with van der Waals surface area (Å²) in [6.07, 6.45) is 2.98. The van der Waals surface area contributed by atoms with Crippen molar-refractivity contribution in [3.63, 3.8) is 0 Å². The fourth-order valence-electron chi connectivity index (χ4n) is 4.53. The molecule has 3 aromatic carbocycles. The van der Waals surface area contributed by atoms with Gasteiger partial charge in [0.1, 0.15) is 12.6 Å². The Balaban J connectivity index is 2.05. The minimum absolute atomic E-state index is 0.0164. The molecule has 0 bridgehead atoms. The summed E-state index contributed by atoms with van der Waals surface area (Å²) in [6, 6.07) is 20.5. The van der Waals surface area contributed by atoms with Crippen molar-refractivity contribution < 1.29 is 18.0 Å². The number of unbranched alkanes of at least 4 members (excludes halogenated alkanes) is 1. The minimum atomic E-state index is -3.85. The van der Waals surface area contributed by atoms with Crippen LogP contribution in [-0.4, -0.2) is 50.5 Å². The zero-order chi connectivity index (χ0) is 30.9. The van der Waals surface area contributed by atoms with Crippen LogP contribution in [0.15, 0.2) is 72.8 Å². The van der Waals surface area contributed by atoms with Crippen molar-refractivity contribution in [3.05, 3.63) is 99.5 Å². The van der Waals surface area contributed by atoms with Crippen LogP contribution in [0.4, 0.5) is 5.69 Å². The van der Waals surface area contributed by atoms with E-state index < -0.39 is 28.5 Å². The highest BCUT2D eigenvalue weighted by molar-refractivity contribution is 7.92. The van der Waals surface area contributed by atoms with E-state index in [1.165, 1.54) is 4.90 Å². The lowest BCUT2D eigenvalue weighted by Crippen LogP contribution is -2.53. The Kier molecular flexibility index (Phi) is 12.3. The maximum atomic E-state index is 14.2. The summed E-state index contributed by atoms with van der Waals surface area (Å²) in [5.41, 5.74) is 2.86. The van der Waals surface area contributed by atoms with Crippen LogP contribution in [0, 0.1) is 0 Å². The third-order valence-electron chi connectivity index (χ3n) is 6.98. The van der Waals surface area contributed by atoms with Gasteiger partial charge in [-0.3, -0.25) is 13.9 Å². The molecule has 10 heteroatoms. The highest BCUT2D eigenvalue weighted by atomic mass is 35.5. The molecule has 0 saturated carbocycles. The van der Waals surface area contributed by atoms with Gasteiger partial charge in [0.15, 0.2) is 0 Å². The number of amides is 2. The molecule has 3 rings (SSSR count). The molecular weight excluding hydrogens is 593 g/mol. The van der Waals surface area contributed by atoms with E-state index in [0.717, 1.165) is 34.5 Å². The van der Waals surface area contributed by atoms with Gasteiger partial charge in [-0.15, -0.1) is 0 Å². The van der Waals surface area contributed by atoms with E-state index in [1.807, 2.05) is 63.2 Å². The average molecular weight is 633 g/mol. The number of carbonyl (C=O) groups excluding carboxylic acids is 2. The number of nitrogens with zero attached hydrogens (tertiary/aromatic N) is 2. The van der Waals surface area contributed by atoms with E-state index >= 15 is 0 Å². The molecule has 0 fully saturated rings. The first kappa shape index (κ1) is 33.4. The van der Waals surface area contributed by atoms with Crippen molar-refractivity contribution >= 4 is 50.7 Å². The van der Waals surface area contributed by atoms with Crippen molar-refractivity contribution in [1.29, 1.82) is 0 Å². The van der Waals surface area contributed by atoms with Crippen LogP contribution >= 0.6 is 23.2 Å². The van der Waals surface area contributed by atoms with E-state index in [4.69, 9.17) is 23.2 Å². The molecule has 0 aliphatic rings. The van der Waals surface area contributed by atoms with Gasteiger partial charge in [0.2, 0.25) is 21.8 Å². The van der Waals surface area contributed by atoms with E-state index in [0.29, 0.717) is 27.8 Å². The molecule has 2 amide bonds. The zero-order valence-corrected chi connectivity index (χ0v) is 26.8. The monoisotopic (exact) mass is 631 g/mol. The van der Waals surface area contributed by atoms with Crippen LogP contribution in [0.3, 0.4) is 0 Å². The van der Waals surface area contributed by atoms with Crippen LogP contribution in [-0.2, 0) is 32.6 Å². The summed E-state index contributed by atoms with van der Waals surface area (Å²) in [5.74, 6) is -0.596. The fraction of sp³-hybridized carbons (Fsp3) is 0.375. The predicted octanol–water partition coefficient (Wildman–Crippen LogP) is 6.44. The Hall–Kier alpha value is -3.07. The SMILES string of the molecule is CCCCNC(=O)C(Cc1ccccc1)N(Cc1ccc(Cl)cc1Cl)C(=O)CN(c1ccc(C(C)C)cc1)S(C)(=O)=O. The molecule has 226 valence electrons. The van der Waals surface area contributed by atoms with Crippen molar-refractivity contribution in [2.75, 3.05) is 23.7 Å². The van der Waals surface area contributed by atoms with Crippen LogP contribution in [0.2, 0.25) is 10.0 Å². The van der Waals surface area contributed by atoms with Crippen LogP contribution in [0.5, 0.6) is 0 Å². The first-order chi connectivity index (χ1) is 19.9. The zero-order valence-electron chi connectivity index (χ0n) is 24.5. The molecule has 0 spiro atoms. The second kappa shape index (κ2) is 15.4. The maximum Gasteiger partial charge on any atom is 0.244 e. The molecule has 7 nitrogen and oxygen atoms in total. The van der Waals surface area contributed by atoms with Crippen molar-refractivity contribution in [1.82, 2.24) is 10.2 Å². The summed E-state index contributed by atoms with van der Waals surface area (Å²) in [5, 5.41) is 3.74. The highest BCUT2D eigenvalue weighted by Crippen LogP contribution is 2.26. The first-order valence-electron chi connectivity index (χ1n) is 14.0. The van der Waals surface area contributed by atoms with E-state index in [9.17, 15) is 18.0 Å². The molecule has 3 aromatic rings. The number of nitrogens with one attached hydrogen (secondary N) is 1. The Labute approximate surface area is 259 Å². The molecule has 1 unspecified atom stereocenters. The van der Waals surface area contributed by atoms with Crippen molar-refractivity contribution in [3.8, 4) is 0 Å². The topological polar surface area (TPSA) is 86.8 Å². The second-order valence-corrected chi connectivity index (χ2v) is 13.4. The lowest BCUT2D eigenvalue weighted by atomic mass is 10.0. The number of rotatable bonds is 14. The Morgan fingerprint density at radius 2 is 1.62 bits per heavy atom. The van der Waals surface area contributed by atoms with E-state index in [-0.39, 0.29) is 24.8 Å². The Bertz CT molecular complexity index is 1450. The van der Waals surface area contributed by atoms with Crippen molar-refractivity contribution in [2.45, 2.75) is 58.5 Å². The number of halogens is 2. The van der Waals surface area contributed by atoms with Crippen LogP contribution in [0.1, 0.15) is 56.2 Å². The molecule has 1 atom stereocenters. The lowest BCUT2D eigenvalue weighted by Gasteiger charge is -2.33. The van der Waals surface area contributed by atoms with Gasteiger partial charge >= 0.3 is 0 Å². The predicted molar refractivity (Wildman–Crippen MR) is 172 cm³/mol. The normalized spacial score (nSPS) is 12.2. The van der Waals surface area contributed by atoms with E-state index in [2.05, 4.69) is 5.32 Å². The van der Waals surface area contributed by atoms with Gasteiger partial charge in [-0.05, 0) is 53.3 Å². The van der Waals surface area contributed by atoms with Gasteiger partial charge in [0, 0.05) is 29.6 Å². The van der Waals surface area contributed by atoms with Gasteiger partial charge in [-0.25, -0.2) is 8.42 Å². The van der Waals surface area contributed by atoms with Gasteiger partial charge in [-0.2, -0.15) is 0 Å². The third-order valence-corrected chi connectivity index (χ3v) is 8.71. The van der Waals surface area contributed by atoms with Gasteiger partial charge < -0.3 is 10.2 Å². The Morgan fingerprint density at radius 1 is 0.952 bits per heavy atom. The number of sulfonamides is 1. The molecule has 42 heavy (non-hydrogen) atoms. The van der Waals surface area contributed by atoms with Crippen LogP contribution < -0.4 is 9.62 Å². The van der Waals surface area contributed by atoms with Gasteiger partial charge in [0.25, 0.3) is 0 Å². The van der Waals surface area contributed by atoms with E-state index in [1.54, 1.807) is 30.3 Å². The largest absolute Gasteiger partial charge is 0.354 e. The van der Waals surface area contributed by atoms with Crippen LogP contribution in [0.25, 0.3) is 0 Å². The molecule has 1 N–H and O–H groups in total. The fourth-order valence-corrected chi connectivity index (χ4v) is 5.85. The summed E-state index contributed by atoms with van der Waals surface area (Å²) in [4.78, 5) is 29.2. The molecule has 0 aliphatic heterocycles. The number of anilines is 1. The third kappa shape index (κ3) is 9.48. The summed E-state index contributed by atoms with van der Waals surface area (Å²) in [6.45, 7) is 6.08. The van der Waals surface area contributed by atoms with Gasteiger partial charge in [-0.1, -0.05) is 98.9 Å². The molecule has 0 saturated heterocycles. The second-order valence-electron chi connectivity index (χ2n) is 10.6. The summed E-state index contributed by atoms with van der Waals surface area (Å²) < 4.78 is 27.0. The number of hydrogen-bond donors (Lipinski definition) is 1. The number of carbonyl (C=O) groups is 2. The molecule has 0 aliphatic carbocycles. The number of benzene rings is 3. The molecule has 0 radical (unpaired) electrons. The first-order valence-corrected chi connectivity index (χ1v) is 16.6. The molecular formula is C32H39Cl2N3O4S. The van der Waals surface area contributed by atoms with Gasteiger partial charge in [0.05, 0.1) is 11.9 Å². The maximum absolute atomic E-state index is 14.2. The molecule has 0 heterocycles. The van der Waals surface area contributed by atoms with Crippen molar-refractivity contribution in [2.24, 2.45) is 0 Å². The smallest absolute Gasteiger partial charge is 0.244 e. The summed E-state index contributed by atoms with van der Waals surface area (Å²) >= 11 is 12.6. The molecule has 0 aromatic heterocycles. The summed E-state index contributed by atoms with van der Waals surface area (Å²) in [7, 11) is -3.85. The minimum Gasteiger partial charge on any atom is -0.354 e.